The molecule has 2 heterocycles. The van der Waals surface area contributed by atoms with Crippen LogP contribution in [0.4, 0.5) is 5.69 Å². The molecular weight excluding hydrogens is 520 g/mol. The van der Waals surface area contributed by atoms with Crippen LogP contribution in [0.15, 0.2) is 59.5 Å². The van der Waals surface area contributed by atoms with Crippen LogP contribution in [0.5, 0.6) is 0 Å². The second kappa shape index (κ2) is 13.2. The number of benzene rings is 2. The van der Waals surface area contributed by atoms with Crippen LogP contribution in [-0.2, 0) is 35.4 Å². The number of ether oxygens (including phenoxy) is 3. The predicted molar refractivity (Wildman–Crippen MR) is 147 cm³/mol. The molecule has 3 N–H and O–H groups in total. The Kier molecular flexibility index (Phi) is 10.0. The second-order valence-corrected chi connectivity index (χ2v) is 12.8. The summed E-state index contributed by atoms with van der Waals surface area (Å²) in [6, 6.07) is 15.6. The van der Waals surface area contributed by atoms with Crippen molar-refractivity contribution in [2.45, 2.75) is 62.9 Å². The number of aliphatic hydroxyl groups is 1. The van der Waals surface area contributed by atoms with Crippen molar-refractivity contribution in [3.63, 3.8) is 0 Å². The Morgan fingerprint density at radius 3 is 2.38 bits per heavy atom. The van der Waals surface area contributed by atoms with E-state index in [1.165, 1.54) is 16.4 Å². The van der Waals surface area contributed by atoms with Crippen molar-refractivity contribution in [1.82, 2.24) is 4.31 Å². The van der Waals surface area contributed by atoms with Gasteiger partial charge in [-0.2, -0.15) is 4.31 Å². The van der Waals surface area contributed by atoms with Crippen LogP contribution >= 0.6 is 0 Å². The molecule has 0 radical (unpaired) electrons. The zero-order chi connectivity index (χ0) is 28.0. The number of nitrogens with two attached hydrogens (primary N) is 1. The monoisotopic (exact) mass is 560 g/mol. The number of anilines is 1. The summed E-state index contributed by atoms with van der Waals surface area (Å²) in [7, 11) is -3.90. The van der Waals surface area contributed by atoms with E-state index in [0.29, 0.717) is 31.7 Å². The smallest absolute Gasteiger partial charge is 0.306 e. The minimum absolute atomic E-state index is 0.00628. The molecule has 9 nitrogen and oxygen atoms in total. The number of esters is 1. The lowest BCUT2D eigenvalue weighted by Crippen LogP contribution is -2.43. The standard InChI is InChI=1S/C29H40N2O7S/c1-20(2)18-31(39(34,35)24-10-8-23(30)9-11-24)19-26(32)22(16-21-6-4-3-5-7-21)17-28(33)38-27-13-15-37-29-25(27)12-14-36-29/h3-11,20,22,25-27,29,32H,12-19,30H2,1-2H3/t22-,25+,26-,27+,29-/m1/s1. The molecule has 10 heteroatoms. The minimum Gasteiger partial charge on any atom is -0.462 e. The first-order valence-corrected chi connectivity index (χ1v) is 15.1. The van der Waals surface area contributed by atoms with E-state index in [2.05, 4.69) is 0 Å². The fourth-order valence-electron chi connectivity index (χ4n) is 5.29. The number of rotatable bonds is 12. The molecule has 0 saturated carbocycles. The number of fused-ring (bicyclic) bond motifs is 1. The highest BCUT2D eigenvalue weighted by molar-refractivity contribution is 7.89. The molecule has 214 valence electrons. The summed E-state index contributed by atoms with van der Waals surface area (Å²) >= 11 is 0. The highest BCUT2D eigenvalue weighted by Gasteiger charge is 2.41. The zero-order valence-corrected chi connectivity index (χ0v) is 23.5. The number of sulfonamides is 1. The summed E-state index contributed by atoms with van der Waals surface area (Å²) in [5.41, 5.74) is 7.17. The number of nitrogens with zero attached hydrogens (tertiary/aromatic N) is 1. The third-order valence-electron chi connectivity index (χ3n) is 7.32. The van der Waals surface area contributed by atoms with Gasteiger partial charge in [0.05, 0.1) is 30.6 Å². The number of nitrogen functional groups attached to an aromatic ring is 1. The summed E-state index contributed by atoms with van der Waals surface area (Å²) < 4.78 is 45.5. The number of hydrogen-bond donors (Lipinski definition) is 2. The summed E-state index contributed by atoms with van der Waals surface area (Å²) in [6.07, 6.45) is -0.00402. The molecule has 2 aromatic carbocycles. The van der Waals surface area contributed by atoms with Gasteiger partial charge in [0.25, 0.3) is 0 Å². The third kappa shape index (κ3) is 7.79. The fraction of sp³-hybridized carbons (Fsp3) is 0.552. The van der Waals surface area contributed by atoms with Gasteiger partial charge in [-0.05, 0) is 48.6 Å². The molecule has 5 atom stereocenters. The molecule has 2 aliphatic rings. The van der Waals surface area contributed by atoms with Crippen LogP contribution in [0.1, 0.15) is 38.7 Å². The topological polar surface area (TPSA) is 128 Å². The average molecular weight is 561 g/mol. The first kappa shape index (κ1) is 29.5. The Bertz CT molecular complexity index is 1170. The first-order chi connectivity index (χ1) is 18.6. The van der Waals surface area contributed by atoms with Gasteiger partial charge in [0, 0.05) is 37.0 Å². The van der Waals surface area contributed by atoms with Gasteiger partial charge >= 0.3 is 5.97 Å². The maximum atomic E-state index is 13.5. The van der Waals surface area contributed by atoms with Gasteiger partial charge in [0.1, 0.15) is 6.10 Å². The van der Waals surface area contributed by atoms with Crippen LogP contribution < -0.4 is 5.73 Å². The maximum Gasteiger partial charge on any atom is 0.306 e. The molecule has 2 aromatic rings. The highest BCUT2D eigenvalue weighted by atomic mass is 32.2. The molecular formula is C29H40N2O7S. The van der Waals surface area contributed by atoms with Crippen LogP contribution in [0, 0.1) is 17.8 Å². The zero-order valence-electron chi connectivity index (χ0n) is 22.6. The number of carbonyl (C=O) groups excluding carboxylic acids is 1. The minimum atomic E-state index is -3.90. The lowest BCUT2D eigenvalue weighted by Gasteiger charge is -2.33. The van der Waals surface area contributed by atoms with E-state index in [1.54, 1.807) is 12.1 Å². The molecule has 0 spiro atoms. The average Bonchev–Trinajstić information content (AvgIpc) is 3.38. The number of aliphatic hydroxyl groups excluding tert-OH is 1. The van der Waals surface area contributed by atoms with Crippen LogP contribution in [0.25, 0.3) is 0 Å². The van der Waals surface area contributed by atoms with Crippen molar-refractivity contribution >= 4 is 21.7 Å². The lowest BCUT2D eigenvalue weighted by atomic mass is 9.90. The van der Waals surface area contributed by atoms with Gasteiger partial charge in [-0.1, -0.05) is 44.2 Å². The van der Waals surface area contributed by atoms with E-state index in [0.717, 1.165) is 12.0 Å². The third-order valence-corrected chi connectivity index (χ3v) is 9.16. The number of carbonyl (C=O) groups is 1. The predicted octanol–water partition coefficient (Wildman–Crippen LogP) is 3.22. The van der Waals surface area contributed by atoms with Crippen molar-refractivity contribution in [1.29, 1.82) is 0 Å². The summed E-state index contributed by atoms with van der Waals surface area (Å²) in [6.45, 7) is 4.95. The molecule has 0 aromatic heterocycles. The van der Waals surface area contributed by atoms with E-state index >= 15 is 0 Å². The van der Waals surface area contributed by atoms with Crippen molar-refractivity contribution in [3.05, 3.63) is 60.2 Å². The van der Waals surface area contributed by atoms with Crippen molar-refractivity contribution in [3.8, 4) is 0 Å². The van der Waals surface area contributed by atoms with E-state index in [4.69, 9.17) is 19.9 Å². The van der Waals surface area contributed by atoms with Gasteiger partial charge in [-0.25, -0.2) is 8.42 Å². The molecule has 2 fully saturated rings. The molecule has 0 bridgehead atoms. The Hall–Kier alpha value is -2.50. The molecule has 0 aliphatic carbocycles. The lowest BCUT2D eigenvalue weighted by molar-refractivity contribution is -0.195. The Morgan fingerprint density at radius 1 is 1.05 bits per heavy atom. The summed E-state index contributed by atoms with van der Waals surface area (Å²) in [5.74, 6) is -0.934. The van der Waals surface area contributed by atoms with Gasteiger partial charge in [0.2, 0.25) is 10.0 Å². The van der Waals surface area contributed by atoms with Gasteiger partial charge in [-0.15, -0.1) is 0 Å². The Balaban J connectivity index is 1.51. The Labute approximate surface area is 231 Å². The largest absolute Gasteiger partial charge is 0.462 e. The molecule has 2 saturated heterocycles. The van der Waals surface area contributed by atoms with Crippen molar-refractivity contribution in [2.24, 2.45) is 17.8 Å². The van der Waals surface area contributed by atoms with Crippen LogP contribution in [0.2, 0.25) is 0 Å². The first-order valence-electron chi connectivity index (χ1n) is 13.6. The quantitative estimate of drug-likeness (QED) is 0.299. The van der Waals surface area contributed by atoms with Gasteiger partial charge in [0.15, 0.2) is 6.29 Å². The van der Waals surface area contributed by atoms with Crippen LogP contribution in [0.3, 0.4) is 0 Å². The van der Waals surface area contributed by atoms with E-state index in [9.17, 15) is 18.3 Å². The van der Waals surface area contributed by atoms with Gasteiger partial charge < -0.3 is 25.1 Å². The van der Waals surface area contributed by atoms with Gasteiger partial charge in [-0.3, -0.25) is 4.79 Å². The summed E-state index contributed by atoms with van der Waals surface area (Å²) in [4.78, 5) is 13.3. The molecule has 4 rings (SSSR count). The van der Waals surface area contributed by atoms with E-state index in [-0.39, 0.29) is 48.6 Å². The highest BCUT2D eigenvalue weighted by Crippen LogP contribution is 2.33. The van der Waals surface area contributed by atoms with Crippen molar-refractivity contribution in [2.75, 3.05) is 32.0 Å². The molecule has 39 heavy (non-hydrogen) atoms. The SMILES string of the molecule is CC(C)CN(C[C@@H](O)[C@@H](CC(=O)O[C@H]1CCO[C@H]2OCC[C@H]21)Cc1ccccc1)S(=O)(=O)c1ccc(N)cc1. The normalized spacial score (nSPS) is 22.9. The number of hydrogen-bond acceptors (Lipinski definition) is 8. The molecule has 0 unspecified atom stereocenters. The Morgan fingerprint density at radius 2 is 1.72 bits per heavy atom. The molecule has 2 aliphatic heterocycles. The summed E-state index contributed by atoms with van der Waals surface area (Å²) in [5, 5.41) is 11.4. The van der Waals surface area contributed by atoms with E-state index < -0.39 is 28.0 Å². The van der Waals surface area contributed by atoms with Crippen LogP contribution in [-0.4, -0.2) is 68.6 Å². The fourth-order valence-corrected chi connectivity index (χ4v) is 6.91. The molecule has 0 amide bonds. The maximum absolute atomic E-state index is 13.5. The van der Waals surface area contributed by atoms with Crippen molar-refractivity contribution < 1.29 is 32.5 Å². The second-order valence-electron chi connectivity index (χ2n) is 10.9. The van der Waals surface area contributed by atoms with E-state index in [1.807, 2.05) is 44.2 Å².